The van der Waals surface area contributed by atoms with Gasteiger partial charge >= 0.3 is 0 Å². The van der Waals surface area contributed by atoms with Crippen molar-refractivity contribution in [1.29, 1.82) is 0 Å². The van der Waals surface area contributed by atoms with Crippen LogP contribution in [-0.2, 0) is 6.42 Å². The van der Waals surface area contributed by atoms with Crippen LogP contribution in [0.25, 0.3) is 0 Å². The molecule has 4 nitrogen and oxygen atoms in total. The van der Waals surface area contributed by atoms with Crippen molar-refractivity contribution in [2.45, 2.75) is 12.8 Å². The van der Waals surface area contributed by atoms with E-state index in [0.29, 0.717) is 22.1 Å². The van der Waals surface area contributed by atoms with Crippen LogP contribution in [0.2, 0.25) is 5.02 Å². The molecule has 0 spiro atoms. The standard InChI is InChI=1S/C21H20ClN3O/c22-18-10-4-5-11-19(18)25-21(26)17-12-14-24-20(15-17)23-13-6-9-16-7-2-1-3-8-16/h1-5,7-8,10-12,14-15H,6,9,13H2,(H,23,24)(H,25,26). The minimum Gasteiger partial charge on any atom is -0.370 e. The van der Waals surface area contributed by atoms with Crippen LogP contribution in [0.5, 0.6) is 0 Å². The number of carbonyl (C=O) groups excluding carboxylic acids is 1. The van der Waals surface area contributed by atoms with Gasteiger partial charge in [-0.15, -0.1) is 0 Å². The van der Waals surface area contributed by atoms with Gasteiger partial charge in [0.2, 0.25) is 0 Å². The Morgan fingerprint density at radius 3 is 2.58 bits per heavy atom. The third-order valence-electron chi connectivity index (χ3n) is 3.94. The maximum absolute atomic E-state index is 12.4. The lowest BCUT2D eigenvalue weighted by atomic mass is 10.1. The van der Waals surface area contributed by atoms with Gasteiger partial charge in [-0.05, 0) is 42.7 Å². The summed E-state index contributed by atoms with van der Waals surface area (Å²) in [5, 5.41) is 6.59. The Kier molecular flexibility index (Phi) is 6.23. The van der Waals surface area contributed by atoms with Gasteiger partial charge in [-0.2, -0.15) is 0 Å². The fourth-order valence-electron chi connectivity index (χ4n) is 2.58. The quantitative estimate of drug-likeness (QED) is 0.577. The predicted molar refractivity (Wildman–Crippen MR) is 107 cm³/mol. The minimum absolute atomic E-state index is 0.215. The zero-order valence-electron chi connectivity index (χ0n) is 14.3. The van der Waals surface area contributed by atoms with E-state index >= 15 is 0 Å². The fraction of sp³-hybridized carbons (Fsp3) is 0.143. The largest absolute Gasteiger partial charge is 0.370 e. The van der Waals surface area contributed by atoms with Crippen molar-refractivity contribution < 1.29 is 4.79 Å². The smallest absolute Gasteiger partial charge is 0.255 e. The van der Waals surface area contributed by atoms with Gasteiger partial charge in [-0.1, -0.05) is 54.1 Å². The number of anilines is 2. The molecule has 2 N–H and O–H groups in total. The maximum Gasteiger partial charge on any atom is 0.255 e. The molecule has 1 heterocycles. The van der Waals surface area contributed by atoms with Crippen LogP contribution in [0, 0.1) is 0 Å². The predicted octanol–water partition coefficient (Wildman–Crippen LogP) is 5.03. The molecule has 0 unspecified atom stereocenters. The number of hydrogen-bond acceptors (Lipinski definition) is 3. The van der Waals surface area contributed by atoms with E-state index in [1.807, 2.05) is 30.3 Å². The molecule has 26 heavy (non-hydrogen) atoms. The van der Waals surface area contributed by atoms with Crippen molar-refractivity contribution in [1.82, 2.24) is 4.98 Å². The second-order valence-electron chi connectivity index (χ2n) is 5.88. The number of amides is 1. The zero-order chi connectivity index (χ0) is 18.2. The summed E-state index contributed by atoms with van der Waals surface area (Å²) < 4.78 is 0. The van der Waals surface area contributed by atoms with Gasteiger partial charge in [0.15, 0.2) is 0 Å². The van der Waals surface area contributed by atoms with Crippen molar-refractivity contribution in [2.75, 3.05) is 17.2 Å². The Morgan fingerprint density at radius 2 is 1.77 bits per heavy atom. The molecule has 2 aromatic carbocycles. The van der Waals surface area contributed by atoms with Gasteiger partial charge in [-0.25, -0.2) is 4.98 Å². The molecule has 1 amide bonds. The summed E-state index contributed by atoms with van der Waals surface area (Å²) in [4.78, 5) is 16.7. The summed E-state index contributed by atoms with van der Waals surface area (Å²) in [5.74, 6) is 0.470. The van der Waals surface area contributed by atoms with E-state index in [-0.39, 0.29) is 5.91 Å². The first-order valence-corrected chi connectivity index (χ1v) is 8.90. The first kappa shape index (κ1) is 18.0. The average molecular weight is 366 g/mol. The van der Waals surface area contributed by atoms with Gasteiger partial charge in [0.25, 0.3) is 5.91 Å². The van der Waals surface area contributed by atoms with Crippen molar-refractivity contribution in [3.05, 3.63) is 89.1 Å². The van der Waals surface area contributed by atoms with Crippen LogP contribution < -0.4 is 10.6 Å². The molecule has 0 radical (unpaired) electrons. The molecule has 3 aromatic rings. The molecule has 5 heteroatoms. The topological polar surface area (TPSA) is 54.0 Å². The molecule has 0 aliphatic heterocycles. The lowest BCUT2D eigenvalue weighted by Crippen LogP contribution is -2.13. The van der Waals surface area contributed by atoms with E-state index in [2.05, 4.69) is 27.8 Å². The lowest BCUT2D eigenvalue weighted by molar-refractivity contribution is 0.102. The molecular formula is C21H20ClN3O. The number of aryl methyl sites for hydroxylation is 1. The van der Waals surface area contributed by atoms with Crippen molar-refractivity contribution in [3.8, 4) is 0 Å². The molecule has 3 rings (SSSR count). The van der Waals surface area contributed by atoms with Crippen molar-refractivity contribution in [3.63, 3.8) is 0 Å². The minimum atomic E-state index is -0.215. The summed E-state index contributed by atoms with van der Waals surface area (Å²) in [6.45, 7) is 0.789. The van der Waals surface area contributed by atoms with Gasteiger partial charge in [0.1, 0.15) is 5.82 Å². The first-order chi connectivity index (χ1) is 12.7. The Morgan fingerprint density at radius 1 is 1.00 bits per heavy atom. The molecule has 0 aliphatic rings. The van der Waals surface area contributed by atoms with Crippen LogP contribution in [0.15, 0.2) is 72.9 Å². The van der Waals surface area contributed by atoms with Crippen LogP contribution in [0.3, 0.4) is 0 Å². The normalized spacial score (nSPS) is 10.3. The fourth-order valence-corrected chi connectivity index (χ4v) is 2.76. The number of hydrogen-bond donors (Lipinski definition) is 2. The summed E-state index contributed by atoms with van der Waals surface area (Å²) in [6.07, 6.45) is 3.61. The number of nitrogens with zero attached hydrogens (tertiary/aromatic N) is 1. The lowest BCUT2D eigenvalue weighted by Gasteiger charge is -2.09. The maximum atomic E-state index is 12.4. The summed E-state index contributed by atoms with van der Waals surface area (Å²) in [7, 11) is 0. The molecule has 1 aromatic heterocycles. The highest BCUT2D eigenvalue weighted by Crippen LogP contribution is 2.21. The highest BCUT2D eigenvalue weighted by molar-refractivity contribution is 6.33. The van der Waals surface area contributed by atoms with Gasteiger partial charge < -0.3 is 10.6 Å². The van der Waals surface area contributed by atoms with E-state index in [4.69, 9.17) is 11.6 Å². The third-order valence-corrected chi connectivity index (χ3v) is 4.26. The second kappa shape index (κ2) is 9.02. The van der Waals surface area contributed by atoms with Gasteiger partial charge in [-0.3, -0.25) is 4.79 Å². The Balaban J connectivity index is 1.54. The van der Waals surface area contributed by atoms with E-state index in [1.54, 1.807) is 30.5 Å². The number of aromatic nitrogens is 1. The van der Waals surface area contributed by atoms with E-state index < -0.39 is 0 Å². The summed E-state index contributed by atoms with van der Waals surface area (Å²) >= 11 is 6.08. The Labute approximate surface area is 158 Å². The average Bonchev–Trinajstić information content (AvgIpc) is 2.68. The first-order valence-electron chi connectivity index (χ1n) is 8.52. The van der Waals surface area contributed by atoms with E-state index in [9.17, 15) is 4.79 Å². The summed E-state index contributed by atoms with van der Waals surface area (Å²) in [5.41, 5.74) is 2.44. The highest BCUT2D eigenvalue weighted by Gasteiger charge is 2.09. The van der Waals surface area contributed by atoms with Crippen LogP contribution in [-0.4, -0.2) is 17.4 Å². The molecule has 0 saturated heterocycles. The Hall–Kier alpha value is -2.85. The van der Waals surface area contributed by atoms with E-state index in [1.165, 1.54) is 5.56 Å². The number of benzene rings is 2. The Bertz CT molecular complexity index is 868. The van der Waals surface area contributed by atoms with E-state index in [0.717, 1.165) is 19.4 Å². The number of carbonyl (C=O) groups is 1. The third kappa shape index (κ3) is 5.07. The number of para-hydroxylation sites is 1. The monoisotopic (exact) mass is 365 g/mol. The van der Waals surface area contributed by atoms with Crippen molar-refractivity contribution in [2.24, 2.45) is 0 Å². The molecule has 0 atom stereocenters. The SMILES string of the molecule is O=C(Nc1ccccc1Cl)c1ccnc(NCCCc2ccccc2)c1. The molecular weight excluding hydrogens is 346 g/mol. The molecule has 0 bridgehead atoms. The second-order valence-corrected chi connectivity index (χ2v) is 6.29. The number of halogens is 1. The van der Waals surface area contributed by atoms with Crippen LogP contribution in [0.4, 0.5) is 11.5 Å². The van der Waals surface area contributed by atoms with Gasteiger partial charge in [0.05, 0.1) is 10.7 Å². The molecule has 0 saturated carbocycles. The van der Waals surface area contributed by atoms with Crippen LogP contribution in [0.1, 0.15) is 22.3 Å². The zero-order valence-corrected chi connectivity index (χ0v) is 15.0. The molecule has 0 fully saturated rings. The summed E-state index contributed by atoms with van der Waals surface area (Å²) in [6, 6.07) is 20.9. The van der Waals surface area contributed by atoms with Crippen molar-refractivity contribution >= 4 is 29.0 Å². The van der Waals surface area contributed by atoms with Crippen LogP contribution >= 0.6 is 11.6 Å². The number of rotatable bonds is 7. The number of nitrogens with one attached hydrogen (secondary N) is 2. The molecule has 0 aliphatic carbocycles. The highest BCUT2D eigenvalue weighted by atomic mass is 35.5. The van der Waals surface area contributed by atoms with Gasteiger partial charge in [0, 0.05) is 18.3 Å². The molecule has 132 valence electrons. The number of pyridine rings is 1.